The number of benzene rings is 2. The first-order valence-corrected chi connectivity index (χ1v) is 8.53. The molecular weight excluding hydrogens is 328 g/mol. The molecular formula is C21H22N2O3. The van der Waals surface area contributed by atoms with Gasteiger partial charge in [-0.1, -0.05) is 36.4 Å². The van der Waals surface area contributed by atoms with Crippen LogP contribution in [0, 0.1) is 13.8 Å². The Kier molecular flexibility index (Phi) is 4.91. The maximum Gasteiger partial charge on any atom is 0.282 e. The smallest absolute Gasteiger partial charge is 0.282 e. The van der Waals surface area contributed by atoms with E-state index in [1.54, 1.807) is 11.9 Å². The van der Waals surface area contributed by atoms with Crippen molar-refractivity contribution in [2.45, 2.75) is 13.8 Å². The van der Waals surface area contributed by atoms with E-state index in [2.05, 4.69) is 0 Å². The lowest BCUT2D eigenvalue weighted by Crippen LogP contribution is -2.35. The average Bonchev–Trinajstić information content (AvgIpc) is 2.85. The Labute approximate surface area is 153 Å². The van der Waals surface area contributed by atoms with E-state index in [1.165, 1.54) is 4.90 Å². The van der Waals surface area contributed by atoms with Gasteiger partial charge in [-0.15, -0.1) is 0 Å². The van der Waals surface area contributed by atoms with Gasteiger partial charge in [0.2, 0.25) is 0 Å². The van der Waals surface area contributed by atoms with Crippen molar-refractivity contribution < 1.29 is 14.7 Å². The van der Waals surface area contributed by atoms with Crippen molar-refractivity contribution in [3.05, 3.63) is 70.9 Å². The van der Waals surface area contributed by atoms with E-state index in [1.807, 2.05) is 62.4 Å². The molecule has 5 nitrogen and oxygen atoms in total. The Hall–Kier alpha value is -2.92. The van der Waals surface area contributed by atoms with Crippen LogP contribution >= 0.6 is 0 Å². The highest BCUT2D eigenvalue weighted by molar-refractivity contribution is 6.45. The molecule has 134 valence electrons. The number of carbonyl (C=O) groups is 2. The molecule has 0 fully saturated rings. The summed E-state index contributed by atoms with van der Waals surface area (Å²) in [5.74, 6) is -0.708. The molecule has 3 rings (SSSR count). The minimum absolute atomic E-state index is 0.104. The highest BCUT2D eigenvalue weighted by atomic mass is 16.3. The molecule has 2 aromatic rings. The Morgan fingerprint density at radius 3 is 2.15 bits per heavy atom. The van der Waals surface area contributed by atoms with E-state index in [9.17, 15) is 14.7 Å². The molecule has 1 aliphatic heterocycles. The third-order valence-corrected chi connectivity index (χ3v) is 4.40. The molecule has 0 saturated carbocycles. The van der Waals surface area contributed by atoms with Crippen LogP contribution in [0.3, 0.4) is 0 Å². The first-order valence-electron chi connectivity index (χ1n) is 8.53. The van der Waals surface area contributed by atoms with Crippen LogP contribution in [0.4, 0.5) is 5.69 Å². The number of aryl methyl sites for hydroxylation is 2. The van der Waals surface area contributed by atoms with Gasteiger partial charge in [0.05, 0.1) is 17.9 Å². The zero-order chi connectivity index (χ0) is 18.8. The summed E-state index contributed by atoms with van der Waals surface area (Å²) in [5.41, 5.74) is 3.91. The van der Waals surface area contributed by atoms with E-state index < -0.39 is 0 Å². The molecule has 5 heteroatoms. The second kappa shape index (κ2) is 7.14. The standard InChI is InChI=1S/C21H22N2O3/c1-14-11-15(2)13-17(12-14)23-20(25)18(16-7-5-4-6-8-16)19(21(23)26)22(3)9-10-24/h4-8,11-13,24H,9-10H2,1-3H3. The van der Waals surface area contributed by atoms with Crippen molar-refractivity contribution in [2.24, 2.45) is 0 Å². The lowest BCUT2D eigenvalue weighted by molar-refractivity contribution is -0.120. The van der Waals surface area contributed by atoms with E-state index in [4.69, 9.17) is 0 Å². The van der Waals surface area contributed by atoms with Crippen LogP contribution in [0.15, 0.2) is 54.2 Å². The van der Waals surface area contributed by atoms with Crippen LogP contribution in [-0.4, -0.2) is 42.0 Å². The zero-order valence-corrected chi connectivity index (χ0v) is 15.2. The molecule has 1 N–H and O–H groups in total. The molecule has 0 bridgehead atoms. The molecule has 0 spiro atoms. The van der Waals surface area contributed by atoms with E-state index >= 15 is 0 Å². The van der Waals surface area contributed by atoms with Gasteiger partial charge in [-0.2, -0.15) is 0 Å². The number of imide groups is 1. The molecule has 0 aliphatic carbocycles. The highest BCUT2D eigenvalue weighted by Crippen LogP contribution is 2.34. The van der Waals surface area contributed by atoms with Gasteiger partial charge in [0.25, 0.3) is 11.8 Å². The van der Waals surface area contributed by atoms with Gasteiger partial charge in [-0.25, -0.2) is 4.90 Å². The molecule has 0 atom stereocenters. The number of hydrogen-bond acceptors (Lipinski definition) is 4. The molecule has 0 unspecified atom stereocenters. The van der Waals surface area contributed by atoms with Crippen LogP contribution in [0.1, 0.15) is 16.7 Å². The van der Waals surface area contributed by atoms with Crippen LogP contribution in [0.2, 0.25) is 0 Å². The van der Waals surface area contributed by atoms with Gasteiger partial charge in [-0.05, 0) is 42.7 Å². The first kappa shape index (κ1) is 17.9. The maximum atomic E-state index is 13.2. The van der Waals surface area contributed by atoms with E-state index in [0.29, 0.717) is 22.5 Å². The molecule has 1 heterocycles. The lowest BCUT2D eigenvalue weighted by Gasteiger charge is -2.21. The molecule has 1 aliphatic rings. The summed E-state index contributed by atoms with van der Waals surface area (Å²) >= 11 is 0. The number of rotatable bonds is 5. The van der Waals surface area contributed by atoms with Crippen LogP contribution in [0.5, 0.6) is 0 Å². The van der Waals surface area contributed by atoms with E-state index in [-0.39, 0.29) is 25.0 Å². The Balaban J connectivity index is 2.14. The van der Waals surface area contributed by atoms with Crippen LogP contribution < -0.4 is 4.90 Å². The second-order valence-electron chi connectivity index (χ2n) is 6.53. The molecule has 0 aromatic heterocycles. The molecule has 26 heavy (non-hydrogen) atoms. The minimum atomic E-state index is -0.366. The van der Waals surface area contributed by atoms with Crippen LogP contribution in [0.25, 0.3) is 5.57 Å². The van der Waals surface area contributed by atoms with Crippen molar-refractivity contribution in [1.82, 2.24) is 4.90 Å². The van der Waals surface area contributed by atoms with Crippen molar-refractivity contribution in [2.75, 3.05) is 25.1 Å². The van der Waals surface area contributed by atoms with Crippen molar-refractivity contribution in [3.8, 4) is 0 Å². The number of aliphatic hydroxyl groups is 1. The van der Waals surface area contributed by atoms with Gasteiger partial charge < -0.3 is 10.0 Å². The third-order valence-electron chi connectivity index (χ3n) is 4.40. The number of aliphatic hydroxyl groups excluding tert-OH is 1. The Morgan fingerprint density at radius 1 is 0.962 bits per heavy atom. The van der Waals surface area contributed by atoms with Gasteiger partial charge >= 0.3 is 0 Å². The Bertz CT molecular complexity index is 867. The topological polar surface area (TPSA) is 60.9 Å². The fraction of sp³-hybridized carbons (Fsp3) is 0.238. The predicted octanol–water partition coefficient (Wildman–Crippen LogP) is 2.51. The monoisotopic (exact) mass is 350 g/mol. The minimum Gasteiger partial charge on any atom is -0.395 e. The summed E-state index contributed by atoms with van der Waals surface area (Å²) < 4.78 is 0. The number of likely N-dealkylation sites (N-methyl/N-ethyl adjacent to an activating group) is 1. The predicted molar refractivity (Wildman–Crippen MR) is 101 cm³/mol. The lowest BCUT2D eigenvalue weighted by atomic mass is 10.0. The van der Waals surface area contributed by atoms with Gasteiger partial charge in [-0.3, -0.25) is 9.59 Å². The number of carbonyl (C=O) groups excluding carboxylic acids is 2. The summed E-state index contributed by atoms with van der Waals surface area (Å²) in [4.78, 5) is 29.3. The van der Waals surface area contributed by atoms with Gasteiger partial charge in [0.15, 0.2) is 0 Å². The van der Waals surface area contributed by atoms with Crippen molar-refractivity contribution >= 4 is 23.1 Å². The van der Waals surface area contributed by atoms with Gasteiger partial charge in [0.1, 0.15) is 5.70 Å². The molecule has 2 aromatic carbocycles. The van der Waals surface area contributed by atoms with Crippen LogP contribution in [-0.2, 0) is 9.59 Å². The first-order chi connectivity index (χ1) is 12.4. The summed E-state index contributed by atoms with van der Waals surface area (Å²) in [7, 11) is 1.71. The highest BCUT2D eigenvalue weighted by Gasteiger charge is 2.41. The summed E-state index contributed by atoms with van der Waals surface area (Å²) in [5, 5.41) is 9.29. The number of nitrogens with zero attached hydrogens (tertiary/aromatic N) is 2. The molecule has 0 radical (unpaired) electrons. The summed E-state index contributed by atoms with van der Waals surface area (Å²) in [6, 6.07) is 14.8. The SMILES string of the molecule is Cc1cc(C)cc(N2C(=O)C(c3ccccc3)=C(N(C)CCO)C2=O)c1. The molecule has 2 amide bonds. The number of anilines is 1. The van der Waals surface area contributed by atoms with Crippen molar-refractivity contribution in [3.63, 3.8) is 0 Å². The van der Waals surface area contributed by atoms with E-state index in [0.717, 1.165) is 11.1 Å². The summed E-state index contributed by atoms with van der Waals surface area (Å²) in [6.07, 6.45) is 0. The largest absolute Gasteiger partial charge is 0.395 e. The summed E-state index contributed by atoms with van der Waals surface area (Å²) in [6.45, 7) is 4.04. The number of amides is 2. The quantitative estimate of drug-likeness (QED) is 0.842. The zero-order valence-electron chi connectivity index (χ0n) is 15.2. The normalized spacial score (nSPS) is 14.4. The van der Waals surface area contributed by atoms with Gasteiger partial charge in [0, 0.05) is 13.6 Å². The fourth-order valence-electron chi connectivity index (χ4n) is 3.31. The average molecular weight is 350 g/mol. The van der Waals surface area contributed by atoms with Crippen molar-refractivity contribution in [1.29, 1.82) is 0 Å². The third kappa shape index (κ3) is 3.13. The fourth-order valence-corrected chi connectivity index (χ4v) is 3.31. The second-order valence-corrected chi connectivity index (χ2v) is 6.53. The number of hydrogen-bond donors (Lipinski definition) is 1. The Morgan fingerprint density at radius 2 is 1.58 bits per heavy atom. The molecule has 0 saturated heterocycles. The maximum absolute atomic E-state index is 13.2.